The number of phenols is 1. The first-order valence-electron chi connectivity index (χ1n) is 9.68. The Balaban J connectivity index is 0.000000166. The van der Waals surface area contributed by atoms with E-state index in [4.69, 9.17) is 13.1 Å². The van der Waals surface area contributed by atoms with Crippen molar-refractivity contribution >= 4 is 22.1 Å². The van der Waals surface area contributed by atoms with Gasteiger partial charge in [-0.2, -0.15) is 9.69 Å². The third-order valence-corrected chi connectivity index (χ3v) is 5.56. The Hall–Kier alpha value is -4.41. The van der Waals surface area contributed by atoms with Crippen molar-refractivity contribution in [2.24, 2.45) is 0 Å². The minimum Gasteiger partial charge on any atom is -0.508 e. The minimum atomic E-state index is -0.0408. The van der Waals surface area contributed by atoms with Crippen LogP contribution in [0.15, 0.2) is 84.7 Å². The first kappa shape index (κ1) is 19.9. The molecule has 0 unspecified atom stereocenters. The summed E-state index contributed by atoms with van der Waals surface area (Å²) < 4.78 is 0. The van der Waals surface area contributed by atoms with E-state index < -0.39 is 0 Å². The Kier molecular flexibility index (Phi) is 4.99. The molecule has 2 aliphatic rings. The molecule has 0 radical (unpaired) electrons. The number of carbonyl (C=O) groups excluding carboxylic acids is 1. The molecule has 1 N–H and O–H groups in total. The number of ketones is 1. The Bertz CT molecular complexity index is 1390. The molecule has 3 aromatic carbocycles. The van der Waals surface area contributed by atoms with Crippen molar-refractivity contribution in [2.45, 2.75) is 12.8 Å². The SMILES string of the molecule is C=C1Cc2c(O)cccc2C1=O.[C-]#[N+]C([N+]#[C-])=C1C(=C)Cc2cccc3cccc1c23. The van der Waals surface area contributed by atoms with Crippen molar-refractivity contribution in [3.05, 3.63) is 130 Å². The molecule has 0 heterocycles. The summed E-state index contributed by atoms with van der Waals surface area (Å²) in [4.78, 5) is 18.0. The van der Waals surface area contributed by atoms with Crippen LogP contribution >= 0.6 is 0 Å². The molecule has 0 fully saturated rings. The van der Waals surface area contributed by atoms with E-state index in [1.165, 1.54) is 5.56 Å². The summed E-state index contributed by atoms with van der Waals surface area (Å²) in [6, 6.07) is 17.2. The van der Waals surface area contributed by atoms with Crippen LogP contribution in [0.1, 0.15) is 27.0 Å². The third-order valence-electron chi connectivity index (χ3n) is 5.56. The van der Waals surface area contributed by atoms with Gasteiger partial charge in [-0.3, -0.25) is 4.79 Å². The smallest absolute Gasteiger partial charge is 0.508 e. The fraction of sp³-hybridized carbons (Fsp3) is 0.0741. The van der Waals surface area contributed by atoms with Gasteiger partial charge < -0.3 is 5.11 Å². The van der Waals surface area contributed by atoms with E-state index in [0.29, 0.717) is 35.1 Å². The molecular formula is C27H18N2O2. The van der Waals surface area contributed by atoms with Crippen LogP contribution in [-0.4, -0.2) is 10.9 Å². The van der Waals surface area contributed by atoms with Gasteiger partial charge in [0.2, 0.25) is 0 Å². The molecule has 0 aliphatic heterocycles. The molecule has 0 aromatic heterocycles. The van der Waals surface area contributed by atoms with Gasteiger partial charge in [0.15, 0.2) is 5.78 Å². The van der Waals surface area contributed by atoms with Gasteiger partial charge in [0.25, 0.3) is 0 Å². The second kappa shape index (κ2) is 7.78. The first-order chi connectivity index (χ1) is 15.0. The molecule has 0 saturated carbocycles. The Morgan fingerprint density at radius 1 is 0.871 bits per heavy atom. The van der Waals surface area contributed by atoms with E-state index in [1.807, 2.05) is 18.2 Å². The highest BCUT2D eigenvalue weighted by Crippen LogP contribution is 2.40. The van der Waals surface area contributed by atoms with Crippen LogP contribution in [0.4, 0.5) is 0 Å². The molecule has 2 aliphatic carbocycles. The summed E-state index contributed by atoms with van der Waals surface area (Å²) >= 11 is 0. The molecule has 0 bridgehead atoms. The fourth-order valence-electron chi connectivity index (χ4n) is 4.16. The molecule has 3 aromatic rings. The highest BCUT2D eigenvalue weighted by Gasteiger charge is 2.26. The molecule has 4 heteroatoms. The monoisotopic (exact) mass is 402 g/mol. The largest absolute Gasteiger partial charge is 0.527 e. The van der Waals surface area contributed by atoms with E-state index in [0.717, 1.165) is 21.9 Å². The third kappa shape index (κ3) is 3.31. The van der Waals surface area contributed by atoms with E-state index in [-0.39, 0.29) is 17.4 Å². The Labute approximate surface area is 180 Å². The van der Waals surface area contributed by atoms with Crippen molar-refractivity contribution in [1.82, 2.24) is 0 Å². The number of Topliss-reactive ketones (excluding diaryl/α,β-unsaturated/α-hetero) is 1. The van der Waals surface area contributed by atoms with Crippen LogP contribution in [-0.2, 0) is 12.8 Å². The van der Waals surface area contributed by atoms with Gasteiger partial charge in [-0.15, -0.1) is 0 Å². The summed E-state index contributed by atoms with van der Waals surface area (Å²) in [5.74, 6) is 0.271. The van der Waals surface area contributed by atoms with Crippen LogP contribution in [0.25, 0.3) is 26.0 Å². The average molecular weight is 402 g/mol. The Morgan fingerprint density at radius 3 is 2.19 bits per heavy atom. The number of carbonyl (C=O) groups is 1. The maximum Gasteiger partial charge on any atom is 0.527 e. The molecule has 0 saturated heterocycles. The summed E-state index contributed by atoms with van der Waals surface area (Å²) in [5.41, 5.74) is 5.63. The van der Waals surface area contributed by atoms with Crippen molar-refractivity contribution < 1.29 is 9.90 Å². The number of allylic oxidation sites excluding steroid dienone is 3. The van der Waals surface area contributed by atoms with Crippen molar-refractivity contribution in [3.63, 3.8) is 0 Å². The lowest BCUT2D eigenvalue weighted by Crippen LogP contribution is -2.04. The average Bonchev–Trinajstić information content (AvgIpc) is 3.07. The summed E-state index contributed by atoms with van der Waals surface area (Å²) in [7, 11) is 0. The van der Waals surface area contributed by atoms with Gasteiger partial charge in [0.05, 0.1) is 5.57 Å². The van der Waals surface area contributed by atoms with E-state index >= 15 is 0 Å². The number of phenolic OH excluding ortho intramolecular Hbond substituents is 1. The first-order valence-corrected chi connectivity index (χ1v) is 9.68. The normalized spacial score (nSPS) is 13.7. The van der Waals surface area contributed by atoms with Crippen LogP contribution < -0.4 is 0 Å². The molecular weight excluding hydrogens is 384 g/mol. The predicted octanol–water partition coefficient (Wildman–Crippen LogP) is 6.15. The molecule has 31 heavy (non-hydrogen) atoms. The van der Waals surface area contributed by atoms with Crippen LogP contribution in [0.3, 0.4) is 0 Å². The van der Waals surface area contributed by atoms with Crippen molar-refractivity contribution in [1.29, 1.82) is 0 Å². The van der Waals surface area contributed by atoms with Gasteiger partial charge in [0.1, 0.15) is 18.9 Å². The van der Waals surface area contributed by atoms with Crippen LogP contribution in [0.5, 0.6) is 5.75 Å². The number of hydrogen-bond donors (Lipinski definition) is 1. The number of hydrogen-bond acceptors (Lipinski definition) is 2. The zero-order valence-corrected chi connectivity index (χ0v) is 16.8. The number of rotatable bonds is 0. The maximum atomic E-state index is 11.3. The topological polar surface area (TPSA) is 46.0 Å². The highest BCUT2D eigenvalue weighted by molar-refractivity contribution is 6.13. The molecule has 148 valence electrons. The van der Waals surface area contributed by atoms with Gasteiger partial charge in [-0.05, 0) is 45.5 Å². The zero-order chi connectivity index (χ0) is 22.1. The van der Waals surface area contributed by atoms with Gasteiger partial charge in [-0.1, -0.05) is 61.7 Å². The quantitative estimate of drug-likeness (QED) is 0.362. The summed E-state index contributed by atoms with van der Waals surface area (Å²) in [6.07, 6.45) is 1.19. The number of nitrogens with zero attached hydrogens (tertiary/aromatic N) is 2. The fourth-order valence-corrected chi connectivity index (χ4v) is 4.16. The lowest BCUT2D eigenvalue weighted by molar-refractivity contribution is 0.104. The van der Waals surface area contributed by atoms with E-state index in [2.05, 4.69) is 41.0 Å². The molecule has 0 spiro atoms. The van der Waals surface area contributed by atoms with Gasteiger partial charge >= 0.3 is 5.82 Å². The lowest BCUT2D eigenvalue weighted by atomic mass is 9.82. The summed E-state index contributed by atoms with van der Waals surface area (Å²) in [5, 5.41) is 11.7. The number of benzene rings is 3. The molecule has 5 rings (SSSR count). The predicted molar refractivity (Wildman–Crippen MR) is 122 cm³/mol. The lowest BCUT2D eigenvalue weighted by Gasteiger charge is -2.20. The molecule has 0 amide bonds. The maximum absolute atomic E-state index is 11.3. The van der Waals surface area contributed by atoms with Gasteiger partial charge in [0, 0.05) is 17.5 Å². The highest BCUT2D eigenvalue weighted by atomic mass is 16.3. The molecule has 0 atom stereocenters. The number of fused-ring (bicyclic) bond motifs is 1. The van der Waals surface area contributed by atoms with E-state index in [1.54, 1.807) is 18.2 Å². The summed E-state index contributed by atoms with van der Waals surface area (Å²) in [6.45, 7) is 22.0. The second-order valence-electron chi connectivity index (χ2n) is 7.44. The van der Waals surface area contributed by atoms with Crippen molar-refractivity contribution in [2.75, 3.05) is 0 Å². The van der Waals surface area contributed by atoms with Crippen LogP contribution in [0, 0.1) is 13.1 Å². The second-order valence-corrected chi connectivity index (χ2v) is 7.44. The van der Waals surface area contributed by atoms with Crippen molar-refractivity contribution in [3.8, 4) is 5.75 Å². The minimum absolute atomic E-state index is 0.0408. The van der Waals surface area contributed by atoms with E-state index in [9.17, 15) is 9.90 Å². The van der Waals surface area contributed by atoms with Crippen LogP contribution in [0.2, 0.25) is 0 Å². The zero-order valence-electron chi connectivity index (χ0n) is 16.8. The van der Waals surface area contributed by atoms with Gasteiger partial charge in [-0.25, -0.2) is 0 Å². The standard InChI is InChI=1S/C17H10N2.C10H8O2/c1-11-10-13-8-4-6-12-7-5-9-14(16(12)13)15(11)17(18-2)19-3;1-6-5-8-7(10(6)12)3-2-4-9(8)11/h4-9H,1,10H2;2-4,11H,1,5H2. The number of aromatic hydroxyl groups is 1. The Morgan fingerprint density at radius 2 is 1.52 bits per heavy atom. The molecule has 4 nitrogen and oxygen atoms in total.